The molecule has 0 bridgehead atoms. The van der Waals surface area contributed by atoms with Gasteiger partial charge in [-0.1, -0.05) is 153 Å². The molecular formula is C96H96O18. The molecular weight excluding hydrogens is 1440 g/mol. The summed E-state index contributed by atoms with van der Waals surface area (Å²) in [5.41, 5.74) is 6.93. The molecule has 10 aromatic carbocycles. The number of hydrogen-bond donors (Lipinski definition) is 0. The third kappa shape index (κ3) is 26.1. The summed E-state index contributed by atoms with van der Waals surface area (Å²) in [6, 6.07) is 54.6. The standard InChI is InChI=1S/C96H96O18/c1-7-19-67-31-43-73(44-32-67)103-55-13-25-91(97)109-85-61-79-80(62-86(85)110-92(98)26-14-56-104-74-45-33-68(20-8-2)34-46-74)82-64-88(112-94(100)28-16-58-106-76-49-37-70(22-10-4)38-50-76)90(114-96(102)30-18-60-108-78-53-41-72(24-12-6)42-54-78)66-84(82)83-65-89(113-95(101)29-17-59-107-77-51-39-71(23-11-5)40-52-77)87(63-81(79)83)111-93(99)27-15-57-105-75-47-35-69(21-9-3)36-48-75/h13-18,25-54,61-66H,7-12,19-24,55-60H2,1-6H3. The first-order valence-electron chi connectivity index (χ1n) is 38.8. The molecule has 0 fully saturated rings. The Morgan fingerprint density at radius 1 is 0.211 bits per heavy atom. The van der Waals surface area contributed by atoms with E-state index in [0.717, 1.165) is 110 Å². The monoisotopic (exact) mass is 1540 g/mol. The average Bonchev–Trinajstić information content (AvgIpc) is 0.723. The van der Waals surface area contributed by atoms with Gasteiger partial charge in [-0.25, -0.2) is 28.8 Å². The smallest absolute Gasteiger partial charge is 0.336 e. The highest BCUT2D eigenvalue weighted by molar-refractivity contribution is 6.27. The molecule has 0 saturated carbocycles. The van der Waals surface area contributed by atoms with Gasteiger partial charge in [0, 0.05) is 36.5 Å². The SMILES string of the molecule is CCCc1ccc(OCC=CC(=O)Oc2cc3c4cc(OC(=O)C=CCOc5ccc(CCC)cc5)c(OC(=O)C=CCOc5ccc(CCC)cc5)cc4c4cc(OC(=O)C=CCOc5ccc(CCC)cc5)c(OC(=O)C=CCOc5ccc(CCC)cc5)cc4c3cc2OC(=O)C=CCOc2ccc(CCC)cc2)cc1. The highest BCUT2D eigenvalue weighted by atomic mass is 16.6. The van der Waals surface area contributed by atoms with Gasteiger partial charge in [-0.2, -0.15) is 0 Å². The number of benzene rings is 10. The summed E-state index contributed by atoms with van der Waals surface area (Å²) in [7, 11) is 0. The molecule has 0 spiro atoms. The van der Waals surface area contributed by atoms with Crippen LogP contribution in [0.4, 0.5) is 0 Å². The van der Waals surface area contributed by atoms with E-state index in [1.807, 2.05) is 146 Å². The molecule has 18 heteroatoms. The third-order valence-corrected chi connectivity index (χ3v) is 17.8. The fourth-order valence-corrected chi connectivity index (χ4v) is 12.3. The summed E-state index contributed by atoms with van der Waals surface area (Å²) in [4.78, 5) is 85.3. The molecule has 10 rings (SSSR count). The van der Waals surface area contributed by atoms with Gasteiger partial charge in [0.2, 0.25) is 0 Å². The number of aryl methyl sites for hydroxylation is 6. The van der Waals surface area contributed by atoms with Crippen LogP contribution in [0.5, 0.6) is 69.0 Å². The normalized spacial score (nSPS) is 11.5. The maximum absolute atomic E-state index is 14.2. The van der Waals surface area contributed by atoms with Gasteiger partial charge in [0.15, 0.2) is 34.5 Å². The van der Waals surface area contributed by atoms with Crippen molar-refractivity contribution < 1.29 is 85.6 Å². The highest BCUT2D eigenvalue weighted by Crippen LogP contribution is 2.48. The molecule has 10 aromatic rings. The van der Waals surface area contributed by atoms with Crippen molar-refractivity contribution in [2.45, 2.75) is 119 Å². The van der Waals surface area contributed by atoms with Crippen molar-refractivity contribution in [1.82, 2.24) is 0 Å². The lowest BCUT2D eigenvalue weighted by atomic mass is 9.93. The fourth-order valence-electron chi connectivity index (χ4n) is 12.3. The van der Waals surface area contributed by atoms with Crippen LogP contribution in [0, 0.1) is 0 Å². The second-order valence-corrected chi connectivity index (χ2v) is 26.7. The number of carbonyl (C=O) groups excluding carboxylic acids is 6. The van der Waals surface area contributed by atoms with Crippen molar-refractivity contribution in [2.24, 2.45) is 0 Å². The van der Waals surface area contributed by atoms with Gasteiger partial charge in [-0.15, -0.1) is 0 Å². The first-order valence-corrected chi connectivity index (χ1v) is 38.8. The Kier molecular flexibility index (Phi) is 32.4. The summed E-state index contributed by atoms with van der Waals surface area (Å²) in [5.74, 6) is -3.45. The summed E-state index contributed by atoms with van der Waals surface area (Å²) < 4.78 is 72.5. The van der Waals surface area contributed by atoms with Gasteiger partial charge in [-0.05, 0) is 250 Å². The molecule has 0 aliphatic rings. The van der Waals surface area contributed by atoms with Crippen LogP contribution < -0.4 is 56.8 Å². The molecule has 0 heterocycles. The second kappa shape index (κ2) is 44.2. The Morgan fingerprint density at radius 3 is 0.465 bits per heavy atom. The number of rotatable bonds is 42. The molecule has 0 radical (unpaired) electrons. The first kappa shape index (κ1) is 83.5. The zero-order valence-corrected chi connectivity index (χ0v) is 65.3. The van der Waals surface area contributed by atoms with Crippen LogP contribution >= 0.6 is 0 Å². The molecule has 0 aromatic heterocycles. The number of hydrogen-bond acceptors (Lipinski definition) is 18. The van der Waals surface area contributed by atoms with Crippen LogP contribution in [0.25, 0.3) is 32.3 Å². The van der Waals surface area contributed by atoms with Crippen LogP contribution in [0.3, 0.4) is 0 Å². The van der Waals surface area contributed by atoms with E-state index in [4.69, 9.17) is 56.8 Å². The minimum atomic E-state index is -0.894. The number of ether oxygens (including phenoxy) is 12. The van der Waals surface area contributed by atoms with Gasteiger partial charge in [0.05, 0.1) is 0 Å². The Morgan fingerprint density at radius 2 is 0.342 bits per heavy atom. The summed E-state index contributed by atoms with van der Waals surface area (Å²) in [6.07, 6.45) is 27.2. The number of carbonyl (C=O) groups is 6. The van der Waals surface area contributed by atoms with Crippen LogP contribution in [-0.4, -0.2) is 75.5 Å². The van der Waals surface area contributed by atoms with Gasteiger partial charge in [0.1, 0.15) is 74.1 Å². The fraction of sp³-hybridized carbons (Fsp3) is 0.250. The molecule has 588 valence electrons. The van der Waals surface area contributed by atoms with Crippen LogP contribution in [0.2, 0.25) is 0 Å². The maximum Gasteiger partial charge on any atom is 0.336 e. The quantitative estimate of drug-likeness (QED) is 0.0150. The predicted octanol–water partition coefficient (Wildman–Crippen LogP) is 20.1. The van der Waals surface area contributed by atoms with Crippen molar-refractivity contribution >= 4 is 68.1 Å². The summed E-state index contributed by atoms with van der Waals surface area (Å²) in [6.45, 7) is 12.5. The molecule has 0 unspecified atom stereocenters. The van der Waals surface area contributed by atoms with Crippen LogP contribution in [0.15, 0.2) is 255 Å². The lowest BCUT2D eigenvalue weighted by molar-refractivity contribution is -0.131. The molecule has 0 atom stereocenters. The van der Waals surface area contributed by atoms with E-state index in [0.29, 0.717) is 34.5 Å². The Bertz CT molecular complexity index is 4220. The van der Waals surface area contributed by atoms with E-state index in [1.54, 1.807) is 0 Å². The summed E-state index contributed by atoms with van der Waals surface area (Å²) >= 11 is 0. The first-order chi connectivity index (χ1) is 55.7. The average molecular weight is 1540 g/mol. The molecule has 0 aliphatic heterocycles. The number of esters is 6. The van der Waals surface area contributed by atoms with Crippen molar-refractivity contribution in [3.63, 3.8) is 0 Å². The zero-order valence-electron chi connectivity index (χ0n) is 65.3. The lowest BCUT2D eigenvalue weighted by Crippen LogP contribution is -2.11. The van der Waals surface area contributed by atoms with Crippen molar-refractivity contribution in [3.05, 3.63) is 288 Å². The molecule has 0 amide bonds. The Hall–Kier alpha value is -13.0. The minimum Gasteiger partial charge on any atom is -0.490 e. The van der Waals surface area contributed by atoms with E-state index >= 15 is 0 Å². The van der Waals surface area contributed by atoms with Gasteiger partial charge < -0.3 is 56.8 Å². The minimum absolute atomic E-state index is 0.0188. The zero-order chi connectivity index (χ0) is 80.2. The highest BCUT2D eigenvalue weighted by Gasteiger charge is 2.25. The Balaban J connectivity index is 1.10. The van der Waals surface area contributed by atoms with Crippen LogP contribution in [-0.2, 0) is 67.3 Å². The van der Waals surface area contributed by atoms with Gasteiger partial charge >= 0.3 is 35.8 Å². The van der Waals surface area contributed by atoms with E-state index in [-0.39, 0.29) is 106 Å². The van der Waals surface area contributed by atoms with Gasteiger partial charge in [0.25, 0.3) is 0 Å². The summed E-state index contributed by atoms with van der Waals surface area (Å²) in [5, 5.41) is 1.51. The largest absolute Gasteiger partial charge is 0.490 e. The van der Waals surface area contributed by atoms with Crippen LogP contribution in [0.1, 0.15) is 113 Å². The lowest BCUT2D eigenvalue weighted by Gasteiger charge is -2.18. The van der Waals surface area contributed by atoms with E-state index in [2.05, 4.69) is 41.5 Å². The predicted molar refractivity (Wildman–Crippen MR) is 443 cm³/mol. The van der Waals surface area contributed by atoms with E-state index < -0.39 is 35.8 Å². The third-order valence-electron chi connectivity index (χ3n) is 17.8. The van der Waals surface area contributed by atoms with E-state index in [9.17, 15) is 28.8 Å². The topological polar surface area (TPSA) is 213 Å². The van der Waals surface area contributed by atoms with Crippen molar-refractivity contribution in [2.75, 3.05) is 39.6 Å². The molecule has 0 N–H and O–H groups in total. The molecule has 0 saturated heterocycles. The molecule has 114 heavy (non-hydrogen) atoms. The molecule has 0 aliphatic carbocycles. The Labute approximate surface area is 665 Å². The maximum atomic E-state index is 14.2. The van der Waals surface area contributed by atoms with E-state index in [1.165, 1.54) is 109 Å². The van der Waals surface area contributed by atoms with Gasteiger partial charge in [-0.3, -0.25) is 0 Å². The van der Waals surface area contributed by atoms with Crippen molar-refractivity contribution in [1.29, 1.82) is 0 Å². The second-order valence-electron chi connectivity index (χ2n) is 26.7. The number of fused-ring (bicyclic) bond motifs is 6. The molecule has 18 nitrogen and oxygen atoms in total. The van der Waals surface area contributed by atoms with Crippen molar-refractivity contribution in [3.8, 4) is 69.0 Å².